The lowest BCUT2D eigenvalue weighted by atomic mass is 9.70. The summed E-state index contributed by atoms with van der Waals surface area (Å²) < 4.78 is 68.2. The van der Waals surface area contributed by atoms with Gasteiger partial charge in [-0.05, 0) is 205 Å². The number of Topliss-reactive ketones (excluding diaryl/α,β-unsaturated/α-hetero) is 2. The molecule has 3 atom stereocenters. The molecule has 1 N–H and O–H groups in total. The highest BCUT2D eigenvalue weighted by Crippen LogP contribution is 2.43. The van der Waals surface area contributed by atoms with E-state index in [4.69, 9.17) is 52.1 Å². The molecule has 113 heavy (non-hydrogen) atoms. The first-order chi connectivity index (χ1) is 53.6. The number of esters is 2. The van der Waals surface area contributed by atoms with E-state index < -0.39 is 70.8 Å². The monoisotopic (exact) mass is 1540 g/mol. The lowest BCUT2D eigenvalue weighted by Crippen LogP contribution is -2.48. The van der Waals surface area contributed by atoms with Gasteiger partial charge in [-0.1, -0.05) is 128 Å². The zero-order valence-corrected chi connectivity index (χ0v) is 67.1. The number of ether oxygens (including phenoxy) is 11. The van der Waals surface area contributed by atoms with Crippen LogP contribution in [0, 0.1) is 11.3 Å². The second-order valence-corrected chi connectivity index (χ2v) is 31.6. The van der Waals surface area contributed by atoms with Crippen LogP contribution in [0.25, 0.3) is 0 Å². The molecule has 0 aliphatic carbocycles. The van der Waals surface area contributed by atoms with Crippen LogP contribution in [0.1, 0.15) is 185 Å². The number of benzene rings is 8. The Morgan fingerprint density at radius 3 is 0.982 bits per heavy atom. The Bertz CT molecular complexity index is 4390. The predicted octanol–water partition coefficient (Wildman–Crippen LogP) is 16.1. The normalized spacial score (nSPS) is 13.3. The Balaban J connectivity index is 0.944. The average molecular weight is 1550 g/mol. The second kappa shape index (κ2) is 40.9. The van der Waals surface area contributed by atoms with Crippen molar-refractivity contribution in [2.45, 2.75) is 155 Å². The van der Waals surface area contributed by atoms with Gasteiger partial charge in [-0.2, -0.15) is 0 Å². The van der Waals surface area contributed by atoms with Crippen LogP contribution in [0.5, 0.6) is 23.0 Å². The maximum Gasteiger partial charge on any atom is 0.344 e. The highest BCUT2D eigenvalue weighted by molar-refractivity contribution is 6.11. The van der Waals surface area contributed by atoms with Gasteiger partial charge in [-0.25, -0.2) is 9.59 Å². The van der Waals surface area contributed by atoms with Crippen molar-refractivity contribution in [3.05, 3.63) is 263 Å². The minimum Gasteiger partial charge on any atom is -0.486 e. The number of carbonyl (C=O) groups excluding carboxylic acids is 8. The smallest absolute Gasteiger partial charge is 0.344 e. The average Bonchev–Trinajstić information content (AvgIpc) is 0.798. The molecule has 0 fully saturated rings. The van der Waals surface area contributed by atoms with E-state index in [2.05, 4.69) is 0 Å². The van der Waals surface area contributed by atoms with Gasteiger partial charge in [0, 0.05) is 69.4 Å². The lowest BCUT2D eigenvalue weighted by Gasteiger charge is -2.45. The van der Waals surface area contributed by atoms with E-state index in [0.29, 0.717) is 80.3 Å². The van der Waals surface area contributed by atoms with Crippen LogP contribution >= 0.6 is 0 Å². The van der Waals surface area contributed by atoms with Gasteiger partial charge in [0.1, 0.15) is 58.6 Å². The van der Waals surface area contributed by atoms with Crippen LogP contribution in [0.3, 0.4) is 0 Å². The topological polar surface area (TPSA) is 258 Å². The van der Waals surface area contributed by atoms with E-state index >= 15 is 0 Å². The van der Waals surface area contributed by atoms with Crippen molar-refractivity contribution >= 4 is 46.6 Å². The van der Waals surface area contributed by atoms with Gasteiger partial charge in [0.25, 0.3) is 0 Å². The molecule has 0 heterocycles. The van der Waals surface area contributed by atoms with Gasteiger partial charge in [-0.3, -0.25) is 28.8 Å². The number of hydrogen-bond acceptors (Lipinski definition) is 20. The summed E-state index contributed by atoms with van der Waals surface area (Å²) in [5.74, 6) is -1.07. The highest BCUT2D eigenvalue weighted by atomic mass is 16.6. The van der Waals surface area contributed by atoms with Crippen LogP contribution in [0.15, 0.2) is 218 Å². The molecule has 20 heteroatoms. The third-order valence-corrected chi connectivity index (χ3v) is 19.4. The van der Waals surface area contributed by atoms with Gasteiger partial charge in [0.15, 0.2) is 36.3 Å². The Morgan fingerprint density at radius 1 is 0.336 bits per heavy atom. The van der Waals surface area contributed by atoms with Crippen LogP contribution in [0.2, 0.25) is 0 Å². The Hall–Kier alpha value is -10.3. The minimum atomic E-state index is -1.32. The Kier molecular flexibility index (Phi) is 32.0. The van der Waals surface area contributed by atoms with Gasteiger partial charge in [0.2, 0.25) is 11.6 Å². The quantitative estimate of drug-likeness (QED) is 0.0211. The van der Waals surface area contributed by atoms with E-state index in [-0.39, 0.29) is 119 Å². The van der Waals surface area contributed by atoms with E-state index in [9.17, 15) is 43.5 Å². The number of ketones is 6. The van der Waals surface area contributed by atoms with Gasteiger partial charge in [-0.15, -0.1) is 0 Å². The molecule has 0 bridgehead atoms. The summed E-state index contributed by atoms with van der Waals surface area (Å²) in [5, 5.41) is 12.0. The fraction of sp³-hybridized carbons (Fsp3) is 0.398. The number of rotatable bonds is 49. The minimum absolute atomic E-state index is 0.00453. The summed E-state index contributed by atoms with van der Waals surface area (Å²) in [6, 6.07) is 61.9. The summed E-state index contributed by atoms with van der Waals surface area (Å²) in [6.45, 7) is 20.0. The van der Waals surface area contributed by atoms with Crippen molar-refractivity contribution in [3.8, 4) is 23.0 Å². The second-order valence-electron chi connectivity index (χ2n) is 31.6. The molecule has 0 saturated carbocycles. The summed E-state index contributed by atoms with van der Waals surface area (Å²) in [6.07, 6.45) is 1.73. The third-order valence-electron chi connectivity index (χ3n) is 19.4. The first-order valence-electron chi connectivity index (χ1n) is 38.2. The van der Waals surface area contributed by atoms with Gasteiger partial charge >= 0.3 is 11.9 Å². The molecular weight excluding hydrogens is 1440 g/mol. The fourth-order valence-electron chi connectivity index (χ4n) is 13.1. The molecule has 0 amide bonds. The van der Waals surface area contributed by atoms with Crippen LogP contribution in [-0.4, -0.2) is 158 Å². The van der Waals surface area contributed by atoms with E-state index in [1.54, 1.807) is 250 Å². The van der Waals surface area contributed by atoms with Crippen molar-refractivity contribution in [2.75, 3.05) is 72.7 Å². The van der Waals surface area contributed by atoms with Crippen LogP contribution in [-0.2, 0) is 52.3 Å². The molecule has 8 aromatic rings. The lowest BCUT2D eigenvalue weighted by molar-refractivity contribution is -0.165. The maximum absolute atomic E-state index is 13.8. The molecule has 0 spiro atoms. The fourth-order valence-corrected chi connectivity index (χ4v) is 13.1. The standard InChI is InChI=1S/C93H108O20/c1-66(49-52-109-90(8,9)79(95)58-104-75-41-33-71(34-42-75)83(99)67-25-17-13-18-26-67)57-92(12,111-54-51-88(4,5)113-82(98)61-107-78-47-39-74(40-48-78)86(102)70-31-23-16-24-32-70)63-93(64-94,65-103-55-56-110-91(10,11)80(96)59-105-76-43-35-72(36-44-76)84(100)68-27-19-14-20-28-68)62-89(6,7)108-53-50-87(2,3)112-81(97)60-106-77-45-37-73(38-46-77)85(101)69-29-21-15-22-30-69/h13-48,66,94H,49-65H2,1-12H3. The SMILES string of the molecule is CC(CCOC(C)(C)C(=O)COc1ccc(C(=O)c2ccccc2)cc1)CC(C)(CC(CO)(COCCOC(C)(C)C(=O)COc1ccc(C(=O)c2ccccc2)cc1)CC(C)(C)OCCC(C)(C)OC(=O)COc1ccc(C(=O)c2ccccc2)cc1)OCCC(C)(C)OC(=O)COc1ccc(C(=O)c2ccccc2)cc1. The number of hydrogen-bond donors (Lipinski definition) is 1. The van der Waals surface area contributed by atoms with Crippen LogP contribution in [0.4, 0.5) is 0 Å². The van der Waals surface area contributed by atoms with Crippen LogP contribution < -0.4 is 18.9 Å². The summed E-state index contributed by atoms with van der Waals surface area (Å²) >= 11 is 0. The highest BCUT2D eigenvalue weighted by Gasteiger charge is 2.45. The first-order valence-corrected chi connectivity index (χ1v) is 38.2. The summed E-state index contributed by atoms with van der Waals surface area (Å²) in [7, 11) is 0. The Morgan fingerprint density at radius 2 is 0.646 bits per heavy atom. The Labute approximate surface area is 664 Å². The van der Waals surface area contributed by atoms with E-state index in [0.717, 1.165) is 0 Å². The van der Waals surface area contributed by atoms with E-state index in [1.165, 1.54) is 0 Å². The first kappa shape index (κ1) is 88.2. The molecule has 0 aromatic heterocycles. The zero-order chi connectivity index (χ0) is 81.9. The molecular formula is C93H108O20. The van der Waals surface area contributed by atoms with Gasteiger partial charge in [0.05, 0.1) is 50.8 Å². The molecule has 8 rings (SSSR count). The number of aliphatic hydroxyl groups is 1. The molecule has 0 aliphatic rings. The number of aliphatic hydroxyl groups excluding tert-OH is 1. The predicted molar refractivity (Wildman–Crippen MR) is 429 cm³/mol. The molecule has 20 nitrogen and oxygen atoms in total. The largest absolute Gasteiger partial charge is 0.486 e. The van der Waals surface area contributed by atoms with E-state index in [1.807, 2.05) is 52.0 Å². The van der Waals surface area contributed by atoms with Gasteiger partial charge < -0.3 is 57.2 Å². The molecule has 0 radical (unpaired) electrons. The van der Waals surface area contributed by atoms with Crippen molar-refractivity contribution in [2.24, 2.45) is 11.3 Å². The summed E-state index contributed by atoms with van der Waals surface area (Å²) in [5.41, 5.74) is -3.79. The number of carbonyl (C=O) groups is 8. The molecule has 0 saturated heterocycles. The van der Waals surface area contributed by atoms with Crippen molar-refractivity contribution < 1.29 is 95.6 Å². The van der Waals surface area contributed by atoms with Crippen molar-refractivity contribution in [3.63, 3.8) is 0 Å². The summed E-state index contributed by atoms with van der Waals surface area (Å²) in [4.78, 5) is 106. The van der Waals surface area contributed by atoms with Crippen molar-refractivity contribution in [1.82, 2.24) is 0 Å². The molecule has 0 aliphatic heterocycles. The molecule has 8 aromatic carbocycles. The molecule has 3 unspecified atom stereocenters. The third kappa shape index (κ3) is 28.4. The molecule has 600 valence electrons. The zero-order valence-electron chi connectivity index (χ0n) is 67.1. The van der Waals surface area contributed by atoms with Crippen molar-refractivity contribution in [1.29, 1.82) is 0 Å². The maximum atomic E-state index is 13.8.